The van der Waals surface area contributed by atoms with Gasteiger partial charge in [0, 0.05) is 11.5 Å². The molecule has 118 valence electrons. The van der Waals surface area contributed by atoms with E-state index < -0.39 is 0 Å². The third kappa shape index (κ3) is 2.98. The van der Waals surface area contributed by atoms with Crippen LogP contribution < -0.4 is 5.01 Å². The quantitative estimate of drug-likeness (QED) is 0.573. The Morgan fingerprint density at radius 3 is 2.52 bits per heavy atom. The molecule has 3 rings (SSSR count). The van der Waals surface area contributed by atoms with Crippen LogP contribution in [0.25, 0.3) is 11.0 Å². The van der Waals surface area contributed by atoms with Gasteiger partial charge in [-0.2, -0.15) is 0 Å². The number of carbonyl (C=O) groups excluding carboxylic acids is 1. The number of carbonyl (C=O) groups is 1. The summed E-state index contributed by atoms with van der Waals surface area (Å²) in [5.74, 6) is -0.376. The average molecular weight is 439 g/mol. The van der Waals surface area contributed by atoms with E-state index in [1.54, 1.807) is 12.1 Å². The molecule has 0 aliphatic rings. The summed E-state index contributed by atoms with van der Waals surface area (Å²) in [5, 5.41) is 1.98. The Kier molecular flexibility index (Phi) is 4.41. The van der Waals surface area contributed by atoms with Gasteiger partial charge >= 0.3 is 5.97 Å². The minimum atomic E-state index is -0.376. The van der Waals surface area contributed by atoms with Gasteiger partial charge < -0.3 is 4.74 Å². The molecule has 7 heteroatoms. The van der Waals surface area contributed by atoms with E-state index in [1.165, 1.54) is 7.11 Å². The molecule has 0 radical (unpaired) electrons. The molecule has 2 aromatic carbocycles. The van der Waals surface area contributed by atoms with Gasteiger partial charge in [-0.25, -0.2) is 14.5 Å². The number of hydrogen-bond acceptors (Lipinski definition) is 4. The summed E-state index contributed by atoms with van der Waals surface area (Å²) in [6.07, 6.45) is 0. The fourth-order valence-corrected chi connectivity index (χ4v) is 3.23. The van der Waals surface area contributed by atoms with Gasteiger partial charge in [0.15, 0.2) is 4.73 Å². The number of benzene rings is 2. The average Bonchev–Trinajstić information content (AvgIpc) is 2.89. The number of rotatable bonds is 3. The van der Waals surface area contributed by atoms with E-state index in [0.717, 1.165) is 15.7 Å². The molecule has 0 saturated heterocycles. The fourth-order valence-electron chi connectivity index (χ4n) is 2.34. The van der Waals surface area contributed by atoms with Crippen LogP contribution in [0.15, 0.2) is 51.7 Å². The molecule has 0 aliphatic carbocycles. The second-order valence-electron chi connectivity index (χ2n) is 4.89. The zero-order valence-electron chi connectivity index (χ0n) is 12.5. The van der Waals surface area contributed by atoms with Crippen molar-refractivity contribution in [1.29, 1.82) is 0 Å². The highest BCUT2D eigenvalue weighted by molar-refractivity contribution is 9.10. The number of nitrogens with zero attached hydrogens (tertiary/aromatic N) is 3. The summed E-state index contributed by atoms with van der Waals surface area (Å²) < 4.78 is 8.35. The molecular weight excluding hydrogens is 426 g/mol. The molecule has 0 saturated carbocycles. The Morgan fingerprint density at radius 2 is 1.87 bits per heavy atom. The number of ether oxygens (including phenoxy) is 1. The third-order valence-electron chi connectivity index (χ3n) is 3.51. The first-order valence-electron chi connectivity index (χ1n) is 6.77. The number of anilines is 1. The van der Waals surface area contributed by atoms with E-state index in [2.05, 4.69) is 36.8 Å². The predicted molar refractivity (Wildman–Crippen MR) is 96.7 cm³/mol. The maximum atomic E-state index is 11.7. The van der Waals surface area contributed by atoms with Gasteiger partial charge in [0.1, 0.15) is 0 Å². The van der Waals surface area contributed by atoms with E-state index >= 15 is 0 Å². The number of esters is 1. The third-order valence-corrected chi connectivity index (χ3v) is 4.55. The molecule has 5 nitrogen and oxygen atoms in total. The fraction of sp³-hybridized carbons (Fsp3) is 0.125. The monoisotopic (exact) mass is 437 g/mol. The SMILES string of the molecule is COC(=O)c1ccc2c(c1)nc(Br)n2N(C)c1ccc(Br)cc1. The van der Waals surface area contributed by atoms with E-state index in [4.69, 9.17) is 4.74 Å². The van der Waals surface area contributed by atoms with Crippen LogP contribution in [0.5, 0.6) is 0 Å². The molecule has 0 amide bonds. The zero-order valence-corrected chi connectivity index (χ0v) is 15.6. The summed E-state index contributed by atoms with van der Waals surface area (Å²) in [6, 6.07) is 13.3. The molecule has 0 spiro atoms. The van der Waals surface area contributed by atoms with Crippen molar-refractivity contribution in [1.82, 2.24) is 9.66 Å². The maximum Gasteiger partial charge on any atom is 0.337 e. The van der Waals surface area contributed by atoms with Gasteiger partial charge in [-0.05, 0) is 58.4 Å². The highest BCUT2D eigenvalue weighted by Gasteiger charge is 2.15. The second-order valence-corrected chi connectivity index (χ2v) is 6.51. The molecule has 0 unspecified atom stereocenters. The van der Waals surface area contributed by atoms with Crippen molar-refractivity contribution in [2.45, 2.75) is 0 Å². The first-order chi connectivity index (χ1) is 11.0. The lowest BCUT2D eigenvalue weighted by Crippen LogP contribution is -2.24. The number of hydrogen-bond donors (Lipinski definition) is 0. The molecule has 0 fully saturated rings. The lowest BCUT2D eigenvalue weighted by Gasteiger charge is -2.22. The molecule has 0 atom stereocenters. The molecule has 0 aliphatic heterocycles. The van der Waals surface area contributed by atoms with Crippen LogP contribution in [0.2, 0.25) is 0 Å². The largest absolute Gasteiger partial charge is 0.465 e. The van der Waals surface area contributed by atoms with Crippen molar-refractivity contribution in [3.05, 3.63) is 57.2 Å². The summed E-state index contributed by atoms with van der Waals surface area (Å²) in [7, 11) is 3.31. The van der Waals surface area contributed by atoms with Gasteiger partial charge in [0.05, 0.1) is 29.4 Å². The van der Waals surface area contributed by atoms with Crippen LogP contribution in [0.3, 0.4) is 0 Å². The predicted octanol–water partition coefficient (Wildman–Crippen LogP) is 4.25. The zero-order chi connectivity index (χ0) is 16.6. The second kappa shape index (κ2) is 6.33. The topological polar surface area (TPSA) is 47.4 Å². The normalized spacial score (nSPS) is 10.8. The number of methoxy groups -OCH3 is 1. The van der Waals surface area contributed by atoms with Gasteiger partial charge in [-0.1, -0.05) is 15.9 Å². The van der Waals surface area contributed by atoms with Gasteiger partial charge in [0.2, 0.25) is 0 Å². The minimum absolute atomic E-state index is 0.376. The Labute approximate surface area is 150 Å². The molecule has 0 N–H and O–H groups in total. The van der Waals surface area contributed by atoms with Crippen LogP contribution in [-0.4, -0.2) is 29.8 Å². The van der Waals surface area contributed by atoms with E-state index in [-0.39, 0.29) is 5.97 Å². The summed E-state index contributed by atoms with van der Waals surface area (Å²) >= 11 is 6.92. The molecule has 3 aromatic rings. The summed E-state index contributed by atoms with van der Waals surface area (Å²) in [6.45, 7) is 0. The molecule has 23 heavy (non-hydrogen) atoms. The van der Waals surface area contributed by atoms with Crippen molar-refractivity contribution in [2.24, 2.45) is 0 Å². The van der Waals surface area contributed by atoms with Crippen LogP contribution >= 0.6 is 31.9 Å². The maximum absolute atomic E-state index is 11.7. The van der Waals surface area contributed by atoms with E-state index in [1.807, 2.05) is 47.1 Å². The van der Waals surface area contributed by atoms with E-state index in [9.17, 15) is 4.79 Å². The highest BCUT2D eigenvalue weighted by atomic mass is 79.9. The van der Waals surface area contributed by atoms with Crippen molar-refractivity contribution in [3.63, 3.8) is 0 Å². The first kappa shape index (κ1) is 16.0. The van der Waals surface area contributed by atoms with Crippen LogP contribution in [0, 0.1) is 0 Å². The number of aromatic nitrogens is 2. The molecular formula is C16H13Br2N3O2. The molecule has 1 heterocycles. The number of imidazole rings is 1. The van der Waals surface area contributed by atoms with Crippen LogP contribution in [-0.2, 0) is 4.74 Å². The highest BCUT2D eigenvalue weighted by Crippen LogP contribution is 2.26. The van der Waals surface area contributed by atoms with Crippen molar-refractivity contribution in [2.75, 3.05) is 19.2 Å². The Hall–Kier alpha value is -1.86. The Bertz CT molecular complexity index is 875. The molecule has 1 aromatic heterocycles. The number of halogens is 2. The van der Waals surface area contributed by atoms with Gasteiger partial charge in [-0.15, -0.1) is 0 Å². The van der Waals surface area contributed by atoms with Crippen molar-refractivity contribution >= 4 is 54.5 Å². The smallest absolute Gasteiger partial charge is 0.337 e. The summed E-state index contributed by atoms with van der Waals surface area (Å²) in [4.78, 5) is 16.1. The van der Waals surface area contributed by atoms with Gasteiger partial charge in [0.25, 0.3) is 0 Å². The minimum Gasteiger partial charge on any atom is -0.465 e. The lowest BCUT2D eigenvalue weighted by molar-refractivity contribution is 0.0601. The Morgan fingerprint density at radius 1 is 1.17 bits per heavy atom. The Balaban J connectivity index is 2.08. The first-order valence-corrected chi connectivity index (χ1v) is 8.36. The molecule has 0 bridgehead atoms. The van der Waals surface area contributed by atoms with Crippen molar-refractivity contribution < 1.29 is 9.53 Å². The van der Waals surface area contributed by atoms with Crippen LogP contribution in [0.4, 0.5) is 5.69 Å². The van der Waals surface area contributed by atoms with Gasteiger partial charge in [-0.3, -0.25) is 5.01 Å². The van der Waals surface area contributed by atoms with E-state index in [0.29, 0.717) is 15.8 Å². The van der Waals surface area contributed by atoms with Crippen molar-refractivity contribution in [3.8, 4) is 0 Å². The van der Waals surface area contributed by atoms with Crippen LogP contribution in [0.1, 0.15) is 10.4 Å². The number of fused-ring (bicyclic) bond motifs is 1. The standard InChI is InChI=1S/C16H13Br2N3O2/c1-20(12-6-4-11(17)5-7-12)21-14-8-3-10(15(22)23-2)9-13(14)19-16(21)18/h3-9H,1-2H3. The lowest BCUT2D eigenvalue weighted by atomic mass is 10.2. The summed E-state index contributed by atoms with van der Waals surface area (Å²) in [5.41, 5.74) is 3.08.